The lowest BCUT2D eigenvalue weighted by Crippen LogP contribution is -2.15. The molecule has 1 aromatic rings. The van der Waals surface area contributed by atoms with Crippen LogP contribution in [0.4, 0.5) is 0 Å². The van der Waals surface area contributed by atoms with Gasteiger partial charge >= 0.3 is 0 Å². The molecule has 0 aliphatic heterocycles. The number of halogens is 2. The van der Waals surface area contributed by atoms with Crippen LogP contribution < -0.4 is 0 Å². The van der Waals surface area contributed by atoms with E-state index in [9.17, 15) is 4.79 Å². The van der Waals surface area contributed by atoms with E-state index >= 15 is 0 Å². The van der Waals surface area contributed by atoms with Gasteiger partial charge in [-0.3, -0.25) is 4.79 Å². The molecule has 0 aromatic carbocycles. The fourth-order valence-electron chi connectivity index (χ4n) is 1.02. The van der Waals surface area contributed by atoms with Gasteiger partial charge in [-0.25, -0.2) is 0 Å². The van der Waals surface area contributed by atoms with E-state index in [0.717, 1.165) is 12.3 Å². The van der Waals surface area contributed by atoms with Gasteiger partial charge in [0.25, 0.3) is 0 Å². The Labute approximate surface area is 114 Å². The molecule has 0 atom stereocenters. The van der Waals surface area contributed by atoms with E-state index in [-0.39, 0.29) is 5.78 Å². The number of thiophene rings is 1. The predicted molar refractivity (Wildman–Crippen MR) is 74.5 cm³/mol. The summed E-state index contributed by atoms with van der Waals surface area (Å²) in [6, 6.07) is 1.64. The molecule has 0 radical (unpaired) electrons. The van der Waals surface area contributed by atoms with Crippen LogP contribution in [0.25, 0.3) is 0 Å². The summed E-state index contributed by atoms with van der Waals surface area (Å²) in [7, 11) is 4.02. The highest BCUT2D eigenvalue weighted by molar-refractivity contribution is 8.00. The summed E-state index contributed by atoms with van der Waals surface area (Å²) in [5.74, 6) is 1.45. The molecule has 6 heteroatoms. The van der Waals surface area contributed by atoms with Gasteiger partial charge in [0, 0.05) is 17.9 Å². The molecule has 0 unspecified atom stereocenters. The third-order valence-electron chi connectivity index (χ3n) is 1.87. The van der Waals surface area contributed by atoms with Gasteiger partial charge in [0.1, 0.15) is 4.34 Å². The Balaban J connectivity index is 2.38. The smallest absolute Gasteiger partial charge is 0.175 e. The standard InChI is InChI=1S/C10H13Cl2NOS2/c1-13(2)3-4-15-6-8(14)7-5-9(11)16-10(7)12/h5H,3-4,6H2,1-2H3. The molecule has 0 N–H and O–H groups in total. The van der Waals surface area contributed by atoms with Gasteiger partial charge in [0.05, 0.1) is 10.1 Å². The van der Waals surface area contributed by atoms with Crippen LogP contribution in [0, 0.1) is 0 Å². The van der Waals surface area contributed by atoms with Crippen LogP contribution >= 0.6 is 46.3 Å². The molecule has 0 aliphatic rings. The van der Waals surface area contributed by atoms with Crippen LogP contribution in [0.5, 0.6) is 0 Å². The zero-order chi connectivity index (χ0) is 12.1. The number of nitrogens with zero attached hydrogens (tertiary/aromatic N) is 1. The highest BCUT2D eigenvalue weighted by Crippen LogP contribution is 2.31. The van der Waals surface area contributed by atoms with Gasteiger partial charge in [-0.1, -0.05) is 23.2 Å². The Bertz CT molecular complexity index is 366. The number of thioether (sulfide) groups is 1. The van der Waals surface area contributed by atoms with E-state index in [0.29, 0.717) is 20.0 Å². The summed E-state index contributed by atoms with van der Waals surface area (Å²) < 4.78 is 1.05. The second-order valence-electron chi connectivity index (χ2n) is 3.52. The van der Waals surface area contributed by atoms with Crippen molar-refractivity contribution in [1.29, 1.82) is 0 Å². The van der Waals surface area contributed by atoms with Crippen molar-refractivity contribution >= 4 is 52.1 Å². The van der Waals surface area contributed by atoms with Crippen LogP contribution in [0.3, 0.4) is 0 Å². The molecule has 0 fully saturated rings. The summed E-state index contributed by atoms with van der Waals surface area (Å²) >= 11 is 14.5. The predicted octanol–water partition coefficient (Wildman–Crippen LogP) is 3.53. The molecule has 0 amide bonds. The Morgan fingerprint density at radius 2 is 2.19 bits per heavy atom. The van der Waals surface area contributed by atoms with Gasteiger partial charge in [-0.2, -0.15) is 11.8 Å². The third kappa shape index (κ3) is 4.63. The van der Waals surface area contributed by atoms with Gasteiger partial charge in [0.2, 0.25) is 0 Å². The van der Waals surface area contributed by atoms with Crippen molar-refractivity contribution in [2.75, 3.05) is 32.1 Å². The Morgan fingerprint density at radius 1 is 1.50 bits per heavy atom. The second kappa shape index (κ2) is 6.87. The molecule has 2 nitrogen and oxygen atoms in total. The molecular formula is C10H13Cl2NOS2. The number of hydrogen-bond acceptors (Lipinski definition) is 4. The first kappa shape index (κ1) is 14.3. The van der Waals surface area contributed by atoms with Crippen LogP contribution in [0.1, 0.15) is 10.4 Å². The first-order valence-electron chi connectivity index (χ1n) is 4.71. The quantitative estimate of drug-likeness (QED) is 0.592. The maximum Gasteiger partial charge on any atom is 0.175 e. The average Bonchev–Trinajstić information content (AvgIpc) is 2.52. The largest absolute Gasteiger partial charge is 0.309 e. The summed E-state index contributed by atoms with van der Waals surface area (Å²) in [6.07, 6.45) is 0. The first-order chi connectivity index (χ1) is 7.50. The first-order valence-corrected chi connectivity index (χ1v) is 7.44. The van der Waals surface area contributed by atoms with Gasteiger partial charge in [0.15, 0.2) is 5.78 Å². The van der Waals surface area contributed by atoms with E-state index in [4.69, 9.17) is 23.2 Å². The number of ketones is 1. The minimum Gasteiger partial charge on any atom is -0.309 e. The second-order valence-corrected chi connectivity index (χ2v) is 6.91. The highest BCUT2D eigenvalue weighted by atomic mass is 35.5. The van der Waals surface area contributed by atoms with Crippen molar-refractivity contribution in [2.24, 2.45) is 0 Å². The van der Waals surface area contributed by atoms with E-state index in [2.05, 4.69) is 4.90 Å². The van der Waals surface area contributed by atoms with Crippen molar-refractivity contribution in [3.63, 3.8) is 0 Å². The SMILES string of the molecule is CN(C)CCSCC(=O)c1cc(Cl)sc1Cl. The maximum atomic E-state index is 11.8. The lowest BCUT2D eigenvalue weighted by Gasteiger charge is -2.07. The summed E-state index contributed by atoms with van der Waals surface area (Å²) in [5, 5.41) is 0. The number of Topliss-reactive ketones (excluding diaryl/α,β-unsaturated/α-hetero) is 1. The molecule has 16 heavy (non-hydrogen) atoms. The summed E-state index contributed by atoms with van der Waals surface area (Å²) in [4.78, 5) is 13.8. The van der Waals surface area contributed by atoms with E-state index in [1.807, 2.05) is 14.1 Å². The molecule has 0 bridgehead atoms. The van der Waals surface area contributed by atoms with Crippen molar-refractivity contribution in [2.45, 2.75) is 0 Å². The van der Waals surface area contributed by atoms with Crippen molar-refractivity contribution in [3.8, 4) is 0 Å². The fraction of sp³-hybridized carbons (Fsp3) is 0.500. The minimum atomic E-state index is 0.0527. The highest BCUT2D eigenvalue weighted by Gasteiger charge is 2.13. The van der Waals surface area contributed by atoms with E-state index < -0.39 is 0 Å². The Morgan fingerprint density at radius 3 is 2.69 bits per heavy atom. The number of hydrogen-bond donors (Lipinski definition) is 0. The maximum absolute atomic E-state index is 11.8. The molecule has 1 rings (SSSR count). The molecule has 0 saturated carbocycles. The summed E-state index contributed by atoms with van der Waals surface area (Å²) in [6.45, 7) is 0.968. The van der Waals surface area contributed by atoms with Crippen LogP contribution in [0.15, 0.2) is 6.07 Å². The van der Waals surface area contributed by atoms with E-state index in [1.54, 1.807) is 17.8 Å². The molecule has 0 aliphatic carbocycles. The number of rotatable bonds is 6. The van der Waals surface area contributed by atoms with Crippen LogP contribution in [0.2, 0.25) is 8.67 Å². The van der Waals surface area contributed by atoms with Gasteiger partial charge in [-0.15, -0.1) is 11.3 Å². The molecule has 0 saturated heterocycles. The topological polar surface area (TPSA) is 20.3 Å². The lowest BCUT2D eigenvalue weighted by atomic mass is 10.2. The van der Waals surface area contributed by atoms with Gasteiger partial charge in [-0.05, 0) is 20.2 Å². The molecule has 90 valence electrons. The normalized spacial score (nSPS) is 11.1. The van der Waals surface area contributed by atoms with Crippen molar-refractivity contribution < 1.29 is 4.79 Å². The molecule has 1 heterocycles. The van der Waals surface area contributed by atoms with Crippen molar-refractivity contribution in [3.05, 3.63) is 20.3 Å². The Hall–Kier alpha value is 0.260. The zero-order valence-electron chi connectivity index (χ0n) is 9.13. The summed E-state index contributed by atoms with van der Waals surface area (Å²) in [5.41, 5.74) is 0.550. The van der Waals surface area contributed by atoms with Crippen LogP contribution in [-0.2, 0) is 0 Å². The number of carbonyl (C=O) groups excluding carboxylic acids is 1. The van der Waals surface area contributed by atoms with Crippen molar-refractivity contribution in [1.82, 2.24) is 4.90 Å². The minimum absolute atomic E-state index is 0.0527. The molecule has 1 aromatic heterocycles. The fourth-order valence-corrected chi connectivity index (χ4v) is 3.50. The lowest BCUT2D eigenvalue weighted by molar-refractivity contribution is 0.102. The monoisotopic (exact) mass is 297 g/mol. The average molecular weight is 298 g/mol. The van der Waals surface area contributed by atoms with Crippen LogP contribution in [-0.4, -0.2) is 42.8 Å². The third-order valence-corrected chi connectivity index (χ3v) is 4.30. The Kier molecular flexibility index (Phi) is 6.15. The van der Waals surface area contributed by atoms with E-state index in [1.165, 1.54) is 11.3 Å². The molecule has 0 spiro atoms. The zero-order valence-corrected chi connectivity index (χ0v) is 12.3. The molecular weight excluding hydrogens is 285 g/mol. The van der Waals surface area contributed by atoms with Gasteiger partial charge < -0.3 is 4.90 Å². The number of carbonyl (C=O) groups is 1.